The van der Waals surface area contributed by atoms with Gasteiger partial charge in [0.05, 0.1) is 0 Å². The molecule has 4 saturated carbocycles. The van der Waals surface area contributed by atoms with E-state index in [0.29, 0.717) is 37.3 Å². The molecule has 7 nitrogen and oxygen atoms in total. The summed E-state index contributed by atoms with van der Waals surface area (Å²) >= 11 is 0. The van der Waals surface area contributed by atoms with Crippen LogP contribution in [-0.4, -0.2) is 28.4 Å². The number of amides is 2. The van der Waals surface area contributed by atoms with Crippen molar-refractivity contribution < 1.29 is 19.2 Å². The van der Waals surface area contributed by atoms with Gasteiger partial charge in [0.15, 0.2) is 11.6 Å². The number of ketones is 2. The molecule has 7 heteroatoms. The van der Waals surface area contributed by atoms with Gasteiger partial charge in [0.2, 0.25) is 11.8 Å². The van der Waals surface area contributed by atoms with Crippen LogP contribution in [0.15, 0.2) is 18.2 Å². The Morgan fingerprint density at radius 3 is 1.56 bits per heavy atom. The average molecular weight is 438 g/mol. The molecule has 0 unspecified atom stereocenters. The lowest BCUT2D eigenvalue weighted by atomic mass is 9.70. The van der Waals surface area contributed by atoms with Gasteiger partial charge in [-0.3, -0.25) is 19.2 Å². The lowest BCUT2D eigenvalue weighted by Gasteiger charge is -2.32. The van der Waals surface area contributed by atoms with Gasteiger partial charge >= 0.3 is 0 Å². The highest BCUT2D eigenvalue weighted by Crippen LogP contribution is 2.61. The van der Waals surface area contributed by atoms with E-state index in [9.17, 15) is 19.2 Å². The fourth-order valence-corrected chi connectivity index (χ4v) is 7.00. The third-order valence-corrected chi connectivity index (χ3v) is 9.21. The van der Waals surface area contributed by atoms with Crippen LogP contribution in [0.4, 0.5) is 11.6 Å². The fourth-order valence-electron chi connectivity index (χ4n) is 7.00. The largest absolute Gasteiger partial charge is 0.310 e. The van der Waals surface area contributed by atoms with E-state index in [1.165, 1.54) is 0 Å². The number of nitrogens with one attached hydrogen (secondary N) is 2. The zero-order valence-electron chi connectivity index (χ0n) is 19.2. The minimum Gasteiger partial charge on any atom is -0.310 e. The Morgan fingerprint density at radius 2 is 1.22 bits per heavy atom. The molecule has 4 bridgehead atoms. The number of nitrogens with zero attached hydrogens (tertiary/aromatic N) is 1. The Bertz CT molecular complexity index is 982. The van der Waals surface area contributed by atoms with Gasteiger partial charge in [0.1, 0.15) is 22.5 Å². The first kappa shape index (κ1) is 21.3. The fraction of sp³-hybridized carbons (Fsp3) is 0.640. The molecule has 2 N–H and O–H groups in total. The summed E-state index contributed by atoms with van der Waals surface area (Å²) in [5, 5.41) is 5.64. The second kappa shape index (κ2) is 6.49. The first-order valence-corrected chi connectivity index (χ1v) is 11.6. The Balaban J connectivity index is 1.32. The maximum atomic E-state index is 13.1. The highest BCUT2D eigenvalue weighted by Gasteiger charge is 2.66. The monoisotopic (exact) mass is 437 g/mol. The van der Waals surface area contributed by atoms with E-state index in [0.717, 1.165) is 12.8 Å². The summed E-state index contributed by atoms with van der Waals surface area (Å²) in [7, 11) is 0. The number of aromatic nitrogens is 1. The van der Waals surface area contributed by atoms with Crippen molar-refractivity contribution in [2.45, 2.75) is 66.2 Å². The van der Waals surface area contributed by atoms with E-state index in [4.69, 9.17) is 0 Å². The molecule has 5 rings (SSSR count). The van der Waals surface area contributed by atoms with Gasteiger partial charge in [0.25, 0.3) is 0 Å². The standard InChI is InChI=1S/C25H31N3O4/c1-22(2)14-8-10-24(12-14,18(22)29)20(31)27-16-6-5-7-17(26-16)28-21(32)25-11-9-15(13-25)23(3,4)19(25)30/h5-7,14-15H,8-13H2,1-4H3,(H2,26,27,28,31,32)/t14-,15+,24-,25-/m0/s1. The zero-order valence-corrected chi connectivity index (χ0v) is 19.2. The summed E-state index contributed by atoms with van der Waals surface area (Å²) in [5.74, 6) is 0.476. The summed E-state index contributed by atoms with van der Waals surface area (Å²) < 4.78 is 0. The molecule has 0 radical (unpaired) electrons. The molecule has 4 fully saturated rings. The Kier molecular flexibility index (Phi) is 4.31. The number of hydrogen-bond acceptors (Lipinski definition) is 5. The zero-order chi connectivity index (χ0) is 23.1. The van der Waals surface area contributed by atoms with Crippen molar-refractivity contribution in [3.63, 3.8) is 0 Å². The van der Waals surface area contributed by atoms with E-state index in [-0.39, 0.29) is 35.2 Å². The van der Waals surface area contributed by atoms with Gasteiger partial charge in [0, 0.05) is 10.8 Å². The maximum absolute atomic E-state index is 13.1. The van der Waals surface area contributed by atoms with Crippen molar-refractivity contribution in [1.29, 1.82) is 0 Å². The highest BCUT2D eigenvalue weighted by atomic mass is 16.2. The molecule has 4 atom stereocenters. The predicted molar refractivity (Wildman–Crippen MR) is 119 cm³/mol. The van der Waals surface area contributed by atoms with E-state index in [2.05, 4.69) is 15.6 Å². The number of rotatable bonds is 4. The molecule has 2 amide bonds. The summed E-state index contributed by atoms with van der Waals surface area (Å²) in [4.78, 5) is 56.7. The highest BCUT2D eigenvalue weighted by molar-refractivity contribution is 6.16. The number of pyridine rings is 1. The van der Waals surface area contributed by atoms with Crippen LogP contribution in [0.2, 0.25) is 0 Å². The molecule has 0 aromatic carbocycles. The molecular weight excluding hydrogens is 406 g/mol. The molecule has 32 heavy (non-hydrogen) atoms. The second-order valence-corrected chi connectivity index (χ2v) is 11.5. The van der Waals surface area contributed by atoms with Crippen LogP contribution in [0.25, 0.3) is 0 Å². The SMILES string of the molecule is CC1(C)C(=O)[C@]2(C(=O)Nc3cccc(NC(=O)[C@@]45CC[C@@H](C4)C(C)(C)C5=O)n3)CC[C@@H]1C2. The van der Waals surface area contributed by atoms with Gasteiger partial charge in [-0.15, -0.1) is 0 Å². The smallest absolute Gasteiger partial charge is 0.239 e. The quantitative estimate of drug-likeness (QED) is 0.698. The molecule has 4 aliphatic rings. The van der Waals surface area contributed by atoms with E-state index < -0.39 is 21.7 Å². The predicted octanol–water partition coefficient (Wildman–Crippen LogP) is 3.75. The van der Waals surface area contributed by atoms with Crippen molar-refractivity contribution >= 4 is 35.0 Å². The molecule has 1 aromatic rings. The summed E-state index contributed by atoms with van der Waals surface area (Å²) in [6, 6.07) is 4.99. The number of carbonyl (C=O) groups is 4. The Labute approximate surface area is 188 Å². The molecule has 1 heterocycles. The van der Waals surface area contributed by atoms with Crippen molar-refractivity contribution in [3.05, 3.63) is 18.2 Å². The lowest BCUT2D eigenvalue weighted by molar-refractivity contribution is -0.143. The van der Waals surface area contributed by atoms with E-state index in [1.54, 1.807) is 18.2 Å². The molecule has 0 spiro atoms. The first-order valence-electron chi connectivity index (χ1n) is 11.6. The van der Waals surface area contributed by atoms with Gasteiger partial charge in [-0.1, -0.05) is 33.8 Å². The number of hydrogen-bond donors (Lipinski definition) is 2. The number of Topliss-reactive ketones (excluding diaryl/α,β-unsaturated/α-hetero) is 2. The number of fused-ring (bicyclic) bond motifs is 4. The Hall–Kier alpha value is -2.57. The third-order valence-electron chi connectivity index (χ3n) is 9.21. The second-order valence-electron chi connectivity index (χ2n) is 11.5. The first-order chi connectivity index (χ1) is 14.9. The average Bonchev–Trinajstić information content (AvgIpc) is 3.46. The van der Waals surface area contributed by atoms with Crippen LogP contribution in [0.3, 0.4) is 0 Å². The van der Waals surface area contributed by atoms with Crippen molar-refractivity contribution in [2.24, 2.45) is 33.5 Å². The van der Waals surface area contributed by atoms with Crippen molar-refractivity contribution in [3.8, 4) is 0 Å². The molecule has 4 aliphatic carbocycles. The lowest BCUT2D eigenvalue weighted by Crippen LogP contribution is -2.45. The van der Waals surface area contributed by atoms with Crippen LogP contribution >= 0.6 is 0 Å². The molecular formula is C25H31N3O4. The minimum atomic E-state index is -0.977. The van der Waals surface area contributed by atoms with Gasteiger partial charge in [-0.25, -0.2) is 4.98 Å². The van der Waals surface area contributed by atoms with E-state index in [1.807, 2.05) is 27.7 Å². The number of carbonyl (C=O) groups excluding carboxylic acids is 4. The van der Waals surface area contributed by atoms with Crippen molar-refractivity contribution in [1.82, 2.24) is 4.98 Å². The minimum absolute atomic E-state index is 0.0143. The molecule has 1 aromatic heterocycles. The Morgan fingerprint density at radius 1 is 0.812 bits per heavy atom. The topological polar surface area (TPSA) is 105 Å². The van der Waals surface area contributed by atoms with E-state index >= 15 is 0 Å². The van der Waals surface area contributed by atoms with Gasteiger partial charge in [-0.2, -0.15) is 0 Å². The molecule has 0 saturated heterocycles. The van der Waals surface area contributed by atoms with Crippen LogP contribution in [-0.2, 0) is 19.2 Å². The van der Waals surface area contributed by atoms with Gasteiger partial charge < -0.3 is 10.6 Å². The third kappa shape index (κ3) is 2.63. The molecule has 170 valence electrons. The van der Waals surface area contributed by atoms with Crippen LogP contribution < -0.4 is 10.6 Å². The summed E-state index contributed by atoms with van der Waals surface area (Å²) in [5.41, 5.74) is -2.90. The summed E-state index contributed by atoms with van der Waals surface area (Å²) in [6.45, 7) is 7.73. The number of anilines is 2. The van der Waals surface area contributed by atoms with Crippen LogP contribution in [0, 0.1) is 33.5 Å². The molecule has 0 aliphatic heterocycles. The maximum Gasteiger partial charge on any atom is 0.239 e. The van der Waals surface area contributed by atoms with Crippen LogP contribution in [0.1, 0.15) is 66.2 Å². The van der Waals surface area contributed by atoms with Crippen LogP contribution in [0.5, 0.6) is 0 Å². The van der Waals surface area contributed by atoms with Gasteiger partial charge in [-0.05, 0) is 62.5 Å². The summed E-state index contributed by atoms with van der Waals surface area (Å²) in [6.07, 6.45) is 4.07. The normalized spacial score (nSPS) is 35.9. The van der Waals surface area contributed by atoms with Crippen molar-refractivity contribution in [2.75, 3.05) is 10.6 Å².